The third kappa shape index (κ3) is 3.70. The Morgan fingerprint density at radius 3 is 2.76 bits per heavy atom. The summed E-state index contributed by atoms with van der Waals surface area (Å²) < 4.78 is 13.0. The van der Waals surface area contributed by atoms with Crippen molar-refractivity contribution in [2.75, 3.05) is 0 Å². The third-order valence-corrected chi connectivity index (χ3v) is 4.49. The maximum absolute atomic E-state index is 13.0. The molecule has 128 valence electrons. The van der Waals surface area contributed by atoms with Crippen LogP contribution in [0.4, 0.5) is 4.39 Å². The van der Waals surface area contributed by atoms with Crippen LogP contribution in [0.5, 0.6) is 11.6 Å². The van der Waals surface area contributed by atoms with Crippen LogP contribution in [0.15, 0.2) is 35.7 Å². The molecule has 0 aliphatic rings. The van der Waals surface area contributed by atoms with Crippen molar-refractivity contribution in [3.8, 4) is 22.3 Å². The van der Waals surface area contributed by atoms with Gasteiger partial charge in [-0.15, -0.1) is 11.3 Å². The first-order chi connectivity index (χ1) is 12.0. The van der Waals surface area contributed by atoms with Crippen molar-refractivity contribution < 1.29 is 19.4 Å². The molecular formula is C16H11ClFN3O3S. The fourth-order valence-corrected chi connectivity index (χ4v) is 2.93. The van der Waals surface area contributed by atoms with Crippen LogP contribution in [0.1, 0.15) is 16.1 Å². The Balaban J connectivity index is 1.84. The molecule has 3 aromatic rings. The third-order valence-electron chi connectivity index (χ3n) is 3.28. The van der Waals surface area contributed by atoms with Crippen LogP contribution in [0.3, 0.4) is 0 Å². The van der Waals surface area contributed by atoms with Crippen molar-refractivity contribution in [3.05, 3.63) is 57.8 Å². The number of nitrogens with zero attached hydrogens (tertiary/aromatic N) is 2. The van der Waals surface area contributed by atoms with E-state index in [9.17, 15) is 19.4 Å². The van der Waals surface area contributed by atoms with Crippen molar-refractivity contribution in [1.29, 1.82) is 0 Å². The lowest BCUT2D eigenvalue weighted by atomic mass is 10.2. The van der Waals surface area contributed by atoms with Gasteiger partial charge >= 0.3 is 0 Å². The summed E-state index contributed by atoms with van der Waals surface area (Å²) in [5, 5.41) is 24.1. The molecule has 0 aliphatic carbocycles. The zero-order valence-electron chi connectivity index (χ0n) is 12.5. The van der Waals surface area contributed by atoms with Crippen molar-refractivity contribution in [1.82, 2.24) is 15.3 Å². The van der Waals surface area contributed by atoms with E-state index in [0.29, 0.717) is 10.4 Å². The minimum atomic E-state index is -0.728. The zero-order valence-corrected chi connectivity index (χ0v) is 14.1. The second kappa shape index (κ2) is 7.04. The molecule has 0 bridgehead atoms. The van der Waals surface area contributed by atoms with Crippen LogP contribution in [-0.4, -0.2) is 26.1 Å². The molecule has 1 aromatic carbocycles. The molecule has 0 atom stereocenters. The van der Waals surface area contributed by atoms with E-state index in [-0.39, 0.29) is 23.1 Å². The van der Waals surface area contributed by atoms with Crippen molar-refractivity contribution in [2.45, 2.75) is 6.54 Å². The van der Waals surface area contributed by atoms with Crippen molar-refractivity contribution in [2.24, 2.45) is 0 Å². The monoisotopic (exact) mass is 379 g/mol. The lowest BCUT2D eigenvalue weighted by Crippen LogP contribution is -2.24. The molecule has 0 saturated carbocycles. The van der Waals surface area contributed by atoms with Gasteiger partial charge in [0.05, 0.1) is 4.88 Å². The van der Waals surface area contributed by atoms with Gasteiger partial charge in [-0.1, -0.05) is 23.7 Å². The summed E-state index contributed by atoms with van der Waals surface area (Å²) in [6.45, 7) is -0.00349. The molecule has 0 fully saturated rings. The number of aromatic nitrogens is 2. The van der Waals surface area contributed by atoms with Gasteiger partial charge in [-0.2, -0.15) is 4.98 Å². The summed E-state index contributed by atoms with van der Waals surface area (Å²) in [6.07, 6.45) is 0. The standard InChI is InChI=1S/C16H11ClFN3O3S/c17-10-6-9(18)4-3-8(10)7-19-15(23)12-13(22)16(24)21-14(20-12)11-2-1-5-25-11/h1-6,22H,7H2,(H,19,23)(H,20,21,24). The fraction of sp³-hybridized carbons (Fsp3) is 0.0625. The number of amides is 1. The SMILES string of the molecule is O=C(NCc1ccc(F)cc1Cl)c1nc(-c2cccs2)nc(O)c1O. The maximum atomic E-state index is 13.0. The molecule has 9 heteroatoms. The minimum Gasteiger partial charge on any atom is -0.501 e. The zero-order chi connectivity index (χ0) is 18.0. The highest BCUT2D eigenvalue weighted by molar-refractivity contribution is 7.13. The number of halogens is 2. The number of benzene rings is 1. The highest BCUT2D eigenvalue weighted by Crippen LogP contribution is 2.30. The molecule has 0 spiro atoms. The first-order valence-corrected chi connectivity index (χ1v) is 8.27. The van der Waals surface area contributed by atoms with Gasteiger partial charge in [0.15, 0.2) is 11.5 Å². The van der Waals surface area contributed by atoms with Crippen molar-refractivity contribution >= 4 is 28.8 Å². The van der Waals surface area contributed by atoms with Crippen molar-refractivity contribution in [3.63, 3.8) is 0 Å². The number of nitrogens with one attached hydrogen (secondary N) is 1. The average molecular weight is 380 g/mol. The second-order valence-electron chi connectivity index (χ2n) is 4.96. The lowest BCUT2D eigenvalue weighted by molar-refractivity contribution is 0.0942. The van der Waals surface area contributed by atoms with E-state index >= 15 is 0 Å². The van der Waals surface area contributed by atoms with E-state index in [4.69, 9.17) is 11.6 Å². The average Bonchev–Trinajstić information content (AvgIpc) is 3.10. The molecule has 0 radical (unpaired) electrons. The topological polar surface area (TPSA) is 95.3 Å². The van der Waals surface area contributed by atoms with Crippen LogP contribution < -0.4 is 5.32 Å². The first-order valence-electron chi connectivity index (χ1n) is 7.01. The number of carbonyl (C=O) groups excluding carboxylic acids is 1. The van der Waals surface area contributed by atoms with Gasteiger partial charge in [-0.3, -0.25) is 4.79 Å². The molecule has 2 aromatic heterocycles. The summed E-state index contributed by atoms with van der Waals surface area (Å²) in [4.78, 5) is 20.7. The number of aromatic hydroxyl groups is 2. The van der Waals surface area contributed by atoms with Gasteiger partial charge in [0, 0.05) is 11.6 Å². The van der Waals surface area contributed by atoms with Crippen LogP contribution in [0.2, 0.25) is 5.02 Å². The molecule has 6 nitrogen and oxygen atoms in total. The smallest absolute Gasteiger partial charge is 0.274 e. The quantitative estimate of drug-likeness (QED) is 0.646. The Hall–Kier alpha value is -2.71. The van der Waals surface area contributed by atoms with E-state index in [1.165, 1.54) is 23.5 Å². The maximum Gasteiger partial charge on any atom is 0.274 e. The van der Waals surface area contributed by atoms with Gasteiger partial charge in [-0.05, 0) is 29.1 Å². The Labute approximate surface area is 150 Å². The number of hydrogen-bond acceptors (Lipinski definition) is 6. The van der Waals surface area contributed by atoms with E-state index in [1.54, 1.807) is 17.5 Å². The fourth-order valence-electron chi connectivity index (χ4n) is 2.04. The molecule has 1 amide bonds. The molecule has 3 rings (SSSR count). The summed E-state index contributed by atoms with van der Waals surface area (Å²) in [5.74, 6) is -2.51. The molecule has 3 N–H and O–H groups in total. The molecule has 2 heterocycles. The Morgan fingerprint density at radius 1 is 1.28 bits per heavy atom. The Kier molecular flexibility index (Phi) is 4.82. The lowest BCUT2D eigenvalue weighted by Gasteiger charge is -2.09. The van der Waals surface area contributed by atoms with Crippen LogP contribution in [0.25, 0.3) is 10.7 Å². The summed E-state index contributed by atoms with van der Waals surface area (Å²) >= 11 is 7.23. The number of thiophene rings is 1. The van der Waals surface area contributed by atoms with E-state index in [0.717, 1.165) is 6.07 Å². The number of hydrogen-bond donors (Lipinski definition) is 3. The Morgan fingerprint density at radius 2 is 2.08 bits per heavy atom. The predicted molar refractivity (Wildman–Crippen MR) is 91.3 cm³/mol. The van der Waals surface area contributed by atoms with E-state index in [1.807, 2.05) is 0 Å². The first kappa shape index (κ1) is 17.1. The van der Waals surface area contributed by atoms with Crippen LogP contribution in [0, 0.1) is 5.82 Å². The van der Waals surface area contributed by atoms with Gasteiger partial charge in [0.1, 0.15) is 5.82 Å². The normalized spacial score (nSPS) is 10.6. The van der Waals surface area contributed by atoms with Gasteiger partial charge in [0.25, 0.3) is 11.8 Å². The molecule has 0 saturated heterocycles. The summed E-state index contributed by atoms with van der Waals surface area (Å²) in [6, 6.07) is 7.27. The predicted octanol–water partition coefficient (Wildman–Crippen LogP) is 3.34. The second-order valence-corrected chi connectivity index (χ2v) is 6.32. The van der Waals surface area contributed by atoms with Crippen LogP contribution in [-0.2, 0) is 6.54 Å². The largest absolute Gasteiger partial charge is 0.501 e. The molecule has 0 aliphatic heterocycles. The highest BCUT2D eigenvalue weighted by Gasteiger charge is 2.20. The van der Waals surface area contributed by atoms with Gasteiger partial charge in [-0.25, -0.2) is 9.37 Å². The minimum absolute atomic E-state index is 0.00349. The van der Waals surface area contributed by atoms with E-state index < -0.39 is 23.4 Å². The highest BCUT2D eigenvalue weighted by atomic mass is 35.5. The Bertz CT molecular complexity index is 935. The molecule has 25 heavy (non-hydrogen) atoms. The molecule has 0 unspecified atom stereocenters. The van der Waals surface area contributed by atoms with Crippen LogP contribution >= 0.6 is 22.9 Å². The number of carbonyl (C=O) groups is 1. The van der Waals surface area contributed by atoms with Gasteiger partial charge in [0.2, 0.25) is 5.75 Å². The number of rotatable bonds is 4. The van der Waals surface area contributed by atoms with E-state index in [2.05, 4.69) is 15.3 Å². The molecular weight excluding hydrogens is 369 g/mol. The van der Waals surface area contributed by atoms with Gasteiger partial charge < -0.3 is 15.5 Å². The summed E-state index contributed by atoms with van der Waals surface area (Å²) in [5.41, 5.74) is 0.127. The summed E-state index contributed by atoms with van der Waals surface area (Å²) in [7, 11) is 0.